The summed E-state index contributed by atoms with van der Waals surface area (Å²) in [6.07, 6.45) is 0. The Morgan fingerprint density at radius 3 is 2.29 bits per heavy atom. The van der Waals surface area contributed by atoms with E-state index in [4.69, 9.17) is 12.2 Å². The summed E-state index contributed by atoms with van der Waals surface area (Å²) in [4.78, 5) is 12.6. The van der Waals surface area contributed by atoms with Gasteiger partial charge in [-0.25, -0.2) is 0 Å². The minimum absolute atomic E-state index is 0.0198. The van der Waals surface area contributed by atoms with Crippen molar-refractivity contribution in [3.05, 3.63) is 58.6 Å². The van der Waals surface area contributed by atoms with Crippen molar-refractivity contribution in [1.82, 2.24) is 0 Å². The zero-order valence-electron chi connectivity index (χ0n) is 13.7. The Hall–Kier alpha value is -2.67. The van der Waals surface area contributed by atoms with Gasteiger partial charge in [0.15, 0.2) is 5.11 Å². The Labute approximate surface area is 146 Å². The first-order chi connectivity index (χ1) is 11.5. The van der Waals surface area contributed by atoms with Crippen molar-refractivity contribution < 1.29 is 4.92 Å². The van der Waals surface area contributed by atoms with Crippen LogP contribution in [-0.4, -0.2) is 23.1 Å². The number of nitro groups is 1. The van der Waals surface area contributed by atoms with E-state index in [0.717, 1.165) is 24.5 Å². The summed E-state index contributed by atoms with van der Waals surface area (Å²) in [5, 5.41) is 17.2. The fourth-order valence-corrected chi connectivity index (χ4v) is 2.57. The molecule has 24 heavy (non-hydrogen) atoms. The highest BCUT2D eigenvalue weighted by Gasteiger charge is 2.07. The molecule has 0 aliphatic rings. The van der Waals surface area contributed by atoms with Crippen LogP contribution in [0.5, 0.6) is 0 Å². The van der Waals surface area contributed by atoms with Gasteiger partial charge in [-0.1, -0.05) is 6.07 Å². The Morgan fingerprint density at radius 1 is 1.08 bits per heavy atom. The molecule has 0 spiro atoms. The molecule has 2 aromatic carbocycles. The molecule has 6 nitrogen and oxygen atoms in total. The van der Waals surface area contributed by atoms with Gasteiger partial charge in [0.05, 0.1) is 4.92 Å². The monoisotopic (exact) mass is 344 g/mol. The lowest BCUT2D eigenvalue weighted by Gasteiger charge is -2.21. The first-order valence-electron chi connectivity index (χ1n) is 7.71. The first kappa shape index (κ1) is 17.7. The van der Waals surface area contributed by atoms with Gasteiger partial charge in [0.25, 0.3) is 5.69 Å². The Morgan fingerprint density at radius 2 is 1.71 bits per heavy atom. The molecule has 0 bridgehead atoms. The molecular weight excluding hydrogens is 324 g/mol. The summed E-state index contributed by atoms with van der Waals surface area (Å²) < 4.78 is 0. The quantitative estimate of drug-likeness (QED) is 0.464. The first-order valence-corrected chi connectivity index (χ1v) is 8.11. The maximum absolute atomic E-state index is 10.8. The van der Waals surface area contributed by atoms with E-state index >= 15 is 0 Å². The molecule has 0 heterocycles. The van der Waals surface area contributed by atoms with E-state index < -0.39 is 4.92 Å². The van der Waals surface area contributed by atoms with Crippen LogP contribution in [0.15, 0.2) is 48.5 Å². The van der Waals surface area contributed by atoms with Crippen molar-refractivity contribution in [3.63, 3.8) is 0 Å². The summed E-state index contributed by atoms with van der Waals surface area (Å²) in [5.41, 5.74) is 2.60. The van der Waals surface area contributed by atoms with Crippen LogP contribution in [0.3, 0.4) is 0 Å². The van der Waals surface area contributed by atoms with Gasteiger partial charge in [-0.05, 0) is 56.4 Å². The number of benzene rings is 2. The maximum atomic E-state index is 10.8. The highest BCUT2D eigenvalue weighted by atomic mass is 32.1. The van der Waals surface area contributed by atoms with Crippen molar-refractivity contribution in [2.45, 2.75) is 13.8 Å². The summed E-state index contributed by atoms with van der Waals surface area (Å²) in [6.45, 7) is 6.15. The van der Waals surface area contributed by atoms with E-state index in [-0.39, 0.29) is 5.69 Å². The molecule has 0 aliphatic heterocycles. The fraction of sp³-hybridized carbons (Fsp3) is 0.235. The molecule has 0 amide bonds. The smallest absolute Gasteiger partial charge is 0.271 e. The summed E-state index contributed by atoms with van der Waals surface area (Å²) in [6, 6.07) is 14.2. The van der Waals surface area contributed by atoms with Crippen molar-refractivity contribution in [2.75, 3.05) is 28.6 Å². The van der Waals surface area contributed by atoms with E-state index in [0.29, 0.717) is 10.8 Å². The second kappa shape index (κ2) is 8.26. The molecule has 126 valence electrons. The van der Waals surface area contributed by atoms with E-state index in [1.165, 1.54) is 12.1 Å². The molecule has 0 aliphatic carbocycles. The van der Waals surface area contributed by atoms with Gasteiger partial charge in [-0.3, -0.25) is 10.1 Å². The SMILES string of the molecule is CCN(CC)c1ccc(NC(=S)Nc2cccc([N+](=O)[O-])c2)cc1. The number of rotatable bonds is 6. The van der Waals surface area contributed by atoms with E-state index in [2.05, 4.69) is 29.4 Å². The number of thiocarbonyl (C=S) groups is 1. The number of hydrogen-bond donors (Lipinski definition) is 2. The topological polar surface area (TPSA) is 70.4 Å². The highest BCUT2D eigenvalue weighted by Crippen LogP contribution is 2.19. The van der Waals surface area contributed by atoms with Crippen molar-refractivity contribution in [2.24, 2.45) is 0 Å². The second-order valence-corrected chi connectivity index (χ2v) is 5.51. The third-order valence-electron chi connectivity index (χ3n) is 3.57. The summed E-state index contributed by atoms with van der Waals surface area (Å²) >= 11 is 5.25. The molecular formula is C17H20N4O2S. The highest BCUT2D eigenvalue weighted by molar-refractivity contribution is 7.80. The fourth-order valence-electron chi connectivity index (χ4n) is 2.34. The van der Waals surface area contributed by atoms with Gasteiger partial charge in [0.2, 0.25) is 0 Å². The van der Waals surface area contributed by atoms with Crippen LogP contribution in [0.1, 0.15) is 13.8 Å². The molecule has 2 rings (SSSR count). The molecule has 2 N–H and O–H groups in total. The van der Waals surface area contributed by atoms with Gasteiger partial charge in [-0.2, -0.15) is 0 Å². The van der Waals surface area contributed by atoms with Crippen molar-refractivity contribution >= 4 is 40.1 Å². The number of hydrogen-bond acceptors (Lipinski definition) is 4. The zero-order chi connectivity index (χ0) is 17.5. The maximum Gasteiger partial charge on any atom is 0.271 e. The molecule has 0 aromatic heterocycles. The third-order valence-corrected chi connectivity index (χ3v) is 3.77. The zero-order valence-corrected chi connectivity index (χ0v) is 14.5. The Bertz CT molecular complexity index is 715. The van der Waals surface area contributed by atoms with E-state index in [9.17, 15) is 10.1 Å². The molecule has 2 aromatic rings. The van der Waals surface area contributed by atoms with Crippen molar-refractivity contribution in [1.29, 1.82) is 0 Å². The number of nitrogens with zero attached hydrogens (tertiary/aromatic N) is 2. The third kappa shape index (κ3) is 4.66. The molecule has 0 fully saturated rings. The van der Waals surface area contributed by atoms with Crippen LogP contribution in [0.2, 0.25) is 0 Å². The number of anilines is 3. The molecule has 0 unspecified atom stereocenters. The van der Waals surface area contributed by atoms with E-state index in [1.807, 2.05) is 24.3 Å². The largest absolute Gasteiger partial charge is 0.372 e. The standard InChI is InChI=1S/C17H20N4O2S/c1-3-20(4-2)15-10-8-13(9-11-15)18-17(24)19-14-6-5-7-16(12-14)21(22)23/h5-12H,3-4H2,1-2H3,(H2,18,19,24). The van der Waals surface area contributed by atoms with Gasteiger partial charge in [0.1, 0.15) is 0 Å². The van der Waals surface area contributed by atoms with Crippen molar-refractivity contribution in [3.8, 4) is 0 Å². The Kier molecular flexibility index (Phi) is 6.08. The minimum Gasteiger partial charge on any atom is -0.372 e. The predicted octanol–water partition coefficient (Wildman–Crippen LogP) is 4.25. The molecule has 0 atom stereocenters. The Balaban J connectivity index is 1.99. The lowest BCUT2D eigenvalue weighted by atomic mass is 10.2. The van der Waals surface area contributed by atoms with Gasteiger partial charge < -0.3 is 15.5 Å². The number of non-ortho nitro benzene ring substituents is 1. The number of nitrogens with one attached hydrogen (secondary N) is 2. The van der Waals surface area contributed by atoms with Crippen LogP contribution < -0.4 is 15.5 Å². The average molecular weight is 344 g/mol. The van der Waals surface area contributed by atoms with Gasteiger partial charge >= 0.3 is 0 Å². The van der Waals surface area contributed by atoms with Gasteiger partial charge in [-0.15, -0.1) is 0 Å². The summed E-state index contributed by atoms with van der Waals surface area (Å²) in [7, 11) is 0. The summed E-state index contributed by atoms with van der Waals surface area (Å²) in [5.74, 6) is 0. The average Bonchev–Trinajstić information content (AvgIpc) is 2.57. The van der Waals surface area contributed by atoms with E-state index in [1.54, 1.807) is 12.1 Å². The van der Waals surface area contributed by atoms with Crippen LogP contribution >= 0.6 is 12.2 Å². The molecule has 0 saturated heterocycles. The van der Waals surface area contributed by atoms with Crippen LogP contribution in [0.4, 0.5) is 22.7 Å². The van der Waals surface area contributed by atoms with Crippen LogP contribution in [0, 0.1) is 10.1 Å². The molecule has 0 saturated carbocycles. The number of nitro benzene ring substituents is 1. The van der Waals surface area contributed by atoms with Gasteiger partial charge in [0, 0.05) is 42.3 Å². The second-order valence-electron chi connectivity index (χ2n) is 5.11. The minimum atomic E-state index is -0.437. The lowest BCUT2D eigenvalue weighted by molar-refractivity contribution is -0.384. The normalized spacial score (nSPS) is 10.1. The molecule has 7 heteroatoms. The predicted molar refractivity (Wildman–Crippen MR) is 103 cm³/mol. The van der Waals surface area contributed by atoms with Crippen LogP contribution in [0.25, 0.3) is 0 Å². The van der Waals surface area contributed by atoms with Crippen LogP contribution in [-0.2, 0) is 0 Å². The lowest BCUT2D eigenvalue weighted by Crippen LogP contribution is -2.22. The molecule has 0 radical (unpaired) electrons.